The maximum absolute atomic E-state index is 11.9. The SMILES string of the molecule is CCCCC(=O)OCC(C)SCCCC(F)(F)F. The van der Waals surface area contributed by atoms with Crippen molar-refractivity contribution >= 4 is 17.7 Å². The summed E-state index contributed by atoms with van der Waals surface area (Å²) in [5.41, 5.74) is 0. The fraction of sp³-hybridized carbons (Fsp3) is 0.917. The Labute approximate surface area is 111 Å². The quantitative estimate of drug-likeness (QED) is 0.470. The molecule has 0 aromatic carbocycles. The Kier molecular flexibility index (Phi) is 9.32. The van der Waals surface area contributed by atoms with E-state index in [1.807, 2.05) is 13.8 Å². The van der Waals surface area contributed by atoms with Gasteiger partial charge in [-0.2, -0.15) is 24.9 Å². The van der Waals surface area contributed by atoms with E-state index in [2.05, 4.69) is 0 Å². The minimum Gasteiger partial charge on any atom is -0.465 e. The number of hydrogen-bond donors (Lipinski definition) is 0. The van der Waals surface area contributed by atoms with Crippen LogP contribution in [0.1, 0.15) is 46.0 Å². The molecule has 0 aromatic rings. The molecule has 0 saturated heterocycles. The zero-order valence-corrected chi connectivity index (χ0v) is 11.7. The van der Waals surface area contributed by atoms with Crippen molar-refractivity contribution in [1.29, 1.82) is 0 Å². The lowest BCUT2D eigenvalue weighted by molar-refractivity contribution is -0.143. The zero-order valence-electron chi connectivity index (χ0n) is 10.9. The van der Waals surface area contributed by atoms with E-state index < -0.39 is 12.6 Å². The predicted octanol–water partition coefficient (Wildman–Crippen LogP) is 4.18. The van der Waals surface area contributed by atoms with Crippen LogP contribution >= 0.6 is 11.8 Å². The van der Waals surface area contributed by atoms with Crippen molar-refractivity contribution in [2.75, 3.05) is 12.4 Å². The number of alkyl halides is 3. The minimum absolute atomic E-state index is 0.0452. The first-order valence-electron chi connectivity index (χ1n) is 6.19. The molecule has 0 saturated carbocycles. The number of rotatable bonds is 9. The number of carbonyl (C=O) groups is 1. The van der Waals surface area contributed by atoms with Crippen molar-refractivity contribution in [3.8, 4) is 0 Å². The molecule has 0 heterocycles. The van der Waals surface area contributed by atoms with Gasteiger partial charge in [-0.15, -0.1) is 0 Å². The van der Waals surface area contributed by atoms with E-state index >= 15 is 0 Å². The third kappa shape index (κ3) is 12.1. The van der Waals surface area contributed by atoms with Crippen LogP contribution in [0.2, 0.25) is 0 Å². The molecule has 0 aliphatic rings. The van der Waals surface area contributed by atoms with Crippen LogP contribution in [-0.4, -0.2) is 29.8 Å². The van der Waals surface area contributed by atoms with Crippen molar-refractivity contribution in [3.05, 3.63) is 0 Å². The fourth-order valence-electron chi connectivity index (χ4n) is 1.21. The second kappa shape index (κ2) is 9.53. The smallest absolute Gasteiger partial charge is 0.389 e. The number of ether oxygens (including phenoxy) is 1. The van der Waals surface area contributed by atoms with Crippen LogP contribution < -0.4 is 0 Å². The second-order valence-corrected chi connectivity index (χ2v) is 5.73. The van der Waals surface area contributed by atoms with Gasteiger partial charge in [0.2, 0.25) is 0 Å². The molecule has 108 valence electrons. The summed E-state index contributed by atoms with van der Waals surface area (Å²) in [5.74, 6) is 0.215. The first kappa shape index (κ1) is 17.6. The van der Waals surface area contributed by atoms with Crippen LogP contribution in [0.15, 0.2) is 0 Å². The summed E-state index contributed by atoms with van der Waals surface area (Å²) in [5, 5.41) is 0.0452. The van der Waals surface area contributed by atoms with Gasteiger partial charge < -0.3 is 4.74 Å². The number of halogens is 3. The number of thioether (sulfide) groups is 1. The van der Waals surface area contributed by atoms with Gasteiger partial charge in [0.25, 0.3) is 0 Å². The highest BCUT2D eigenvalue weighted by molar-refractivity contribution is 7.99. The molecule has 0 bridgehead atoms. The number of esters is 1. The highest BCUT2D eigenvalue weighted by Crippen LogP contribution is 2.23. The van der Waals surface area contributed by atoms with Gasteiger partial charge in [0.1, 0.15) is 6.61 Å². The van der Waals surface area contributed by atoms with Crippen molar-refractivity contribution < 1.29 is 22.7 Å². The molecule has 6 heteroatoms. The van der Waals surface area contributed by atoms with Gasteiger partial charge in [0.05, 0.1) is 0 Å². The second-order valence-electron chi connectivity index (χ2n) is 4.19. The Morgan fingerprint density at radius 3 is 2.56 bits per heavy atom. The van der Waals surface area contributed by atoms with E-state index in [-0.39, 0.29) is 24.2 Å². The van der Waals surface area contributed by atoms with Crippen LogP contribution in [0.25, 0.3) is 0 Å². The van der Waals surface area contributed by atoms with Gasteiger partial charge in [-0.25, -0.2) is 0 Å². The summed E-state index contributed by atoms with van der Waals surface area (Å²) in [6.07, 6.45) is -2.54. The van der Waals surface area contributed by atoms with Crippen molar-refractivity contribution in [2.24, 2.45) is 0 Å². The van der Waals surface area contributed by atoms with Gasteiger partial charge >= 0.3 is 12.1 Å². The molecular formula is C12H21F3O2S. The number of hydrogen-bond acceptors (Lipinski definition) is 3. The summed E-state index contributed by atoms with van der Waals surface area (Å²) in [6.45, 7) is 4.12. The topological polar surface area (TPSA) is 26.3 Å². The molecule has 1 unspecified atom stereocenters. The van der Waals surface area contributed by atoms with Gasteiger partial charge in [-0.1, -0.05) is 13.3 Å². The van der Waals surface area contributed by atoms with E-state index in [1.54, 1.807) is 0 Å². The molecule has 0 radical (unpaired) electrons. The maximum Gasteiger partial charge on any atom is 0.389 e. The fourth-order valence-corrected chi connectivity index (χ4v) is 2.09. The van der Waals surface area contributed by atoms with E-state index in [4.69, 9.17) is 4.74 Å². The molecule has 18 heavy (non-hydrogen) atoms. The van der Waals surface area contributed by atoms with Gasteiger partial charge in [0, 0.05) is 18.1 Å². The lowest BCUT2D eigenvalue weighted by Crippen LogP contribution is -2.14. The summed E-state index contributed by atoms with van der Waals surface area (Å²) in [6, 6.07) is 0. The summed E-state index contributed by atoms with van der Waals surface area (Å²) in [7, 11) is 0. The van der Waals surface area contributed by atoms with Crippen LogP contribution in [0.4, 0.5) is 13.2 Å². The molecule has 0 spiro atoms. The Balaban J connectivity index is 3.48. The zero-order chi connectivity index (χ0) is 14.0. The van der Waals surface area contributed by atoms with Crippen LogP contribution in [0.3, 0.4) is 0 Å². The van der Waals surface area contributed by atoms with Gasteiger partial charge in [-0.05, 0) is 25.5 Å². The summed E-state index contributed by atoms with van der Waals surface area (Å²) in [4.78, 5) is 11.2. The van der Waals surface area contributed by atoms with Crippen LogP contribution in [-0.2, 0) is 9.53 Å². The molecule has 0 fully saturated rings. The molecule has 2 nitrogen and oxygen atoms in total. The maximum atomic E-state index is 11.9. The van der Waals surface area contributed by atoms with Gasteiger partial charge in [-0.3, -0.25) is 4.79 Å². The molecule has 0 aliphatic carbocycles. The Morgan fingerprint density at radius 2 is 2.00 bits per heavy atom. The van der Waals surface area contributed by atoms with E-state index in [0.717, 1.165) is 12.8 Å². The van der Waals surface area contributed by atoms with Gasteiger partial charge in [0.15, 0.2) is 0 Å². The first-order valence-corrected chi connectivity index (χ1v) is 7.24. The predicted molar refractivity (Wildman–Crippen MR) is 67.7 cm³/mol. The lowest BCUT2D eigenvalue weighted by atomic mass is 10.2. The Hall–Kier alpha value is -0.390. The lowest BCUT2D eigenvalue weighted by Gasteiger charge is -2.12. The summed E-state index contributed by atoms with van der Waals surface area (Å²) < 4.78 is 40.6. The summed E-state index contributed by atoms with van der Waals surface area (Å²) >= 11 is 1.41. The highest BCUT2D eigenvalue weighted by atomic mass is 32.2. The molecule has 1 atom stereocenters. The van der Waals surface area contributed by atoms with E-state index in [0.29, 0.717) is 12.2 Å². The van der Waals surface area contributed by atoms with E-state index in [1.165, 1.54) is 11.8 Å². The molecule has 0 aromatic heterocycles. The Morgan fingerprint density at radius 1 is 1.33 bits per heavy atom. The van der Waals surface area contributed by atoms with Crippen LogP contribution in [0.5, 0.6) is 0 Å². The van der Waals surface area contributed by atoms with Crippen molar-refractivity contribution in [3.63, 3.8) is 0 Å². The number of unbranched alkanes of at least 4 members (excludes halogenated alkanes) is 1. The van der Waals surface area contributed by atoms with E-state index in [9.17, 15) is 18.0 Å². The first-order chi connectivity index (χ1) is 8.35. The molecule has 0 aliphatic heterocycles. The van der Waals surface area contributed by atoms with Crippen LogP contribution in [0, 0.1) is 0 Å². The average Bonchev–Trinajstić information content (AvgIpc) is 2.28. The third-order valence-electron chi connectivity index (χ3n) is 2.22. The van der Waals surface area contributed by atoms with Crippen molar-refractivity contribution in [2.45, 2.75) is 57.4 Å². The monoisotopic (exact) mass is 286 g/mol. The van der Waals surface area contributed by atoms with Crippen molar-refractivity contribution in [1.82, 2.24) is 0 Å². The number of carbonyl (C=O) groups excluding carboxylic acids is 1. The minimum atomic E-state index is -4.07. The molecular weight excluding hydrogens is 265 g/mol. The molecule has 0 amide bonds. The highest BCUT2D eigenvalue weighted by Gasteiger charge is 2.26. The molecule has 0 N–H and O–H groups in total. The largest absolute Gasteiger partial charge is 0.465 e. The standard InChI is InChI=1S/C12H21F3O2S/c1-3-4-6-11(16)17-9-10(2)18-8-5-7-12(13,14)15/h10H,3-9H2,1-2H3. The average molecular weight is 286 g/mol. The third-order valence-corrected chi connectivity index (χ3v) is 3.45. The Bertz CT molecular complexity index is 232. The molecule has 0 rings (SSSR count). The normalized spacial score (nSPS) is 13.4.